The zero-order valence-corrected chi connectivity index (χ0v) is 13.0. The monoisotopic (exact) mass is 319 g/mol. The first kappa shape index (κ1) is 14.3. The second-order valence-electron chi connectivity index (χ2n) is 4.44. The van der Waals surface area contributed by atoms with Crippen LogP contribution in [-0.2, 0) is 6.54 Å². The highest BCUT2D eigenvalue weighted by Gasteiger charge is 2.10. The Hall–Kier alpha value is -1.69. The van der Waals surface area contributed by atoms with Gasteiger partial charge in [-0.15, -0.1) is 5.10 Å². The van der Waals surface area contributed by atoms with Gasteiger partial charge in [0.1, 0.15) is 10.8 Å². The minimum atomic E-state index is 0.537. The largest absolute Gasteiger partial charge is 0.429 e. The molecule has 4 nitrogen and oxygen atoms in total. The van der Waals surface area contributed by atoms with Crippen molar-refractivity contribution >= 4 is 33.7 Å². The minimum absolute atomic E-state index is 0.537. The van der Waals surface area contributed by atoms with Crippen molar-refractivity contribution in [2.24, 2.45) is 0 Å². The molecule has 1 heterocycles. The summed E-state index contributed by atoms with van der Waals surface area (Å²) in [4.78, 5) is 0. The smallest absolute Gasteiger partial charge is 0.299 e. The van der Waals surface area contributed by atoms with Crippen LogP contribution in [0.3, 0.4) is 0 Å². The number of benzene rings is 2. The normalized spacial score (nSPS) is 11.0. The first-order valence-electron chi connectivity index (χ1n) is 6.66. The van der Waals surface area contributed by atoms with Crippen LogP contribution in [-0.4, -0.2) is 16.7 Å². The van der Waals surface area contributed by atoms with Gasteiger partial charge < -0.3 is 10.1 Å². The molecule has 2 aromatic carbocycles. The third-order valence-electron chi connectivity index (χ3n) is 3.00. The maximum Gasteiger partial charge on any atom is 0.299 e. The molecule has 0 spiro atoms. The predicted octanol–water partition coefficient (Wildman–Crippen LogP) is 4.25. The Morgan fingerprint density at radius 3 is 2.76 bits per heavy atom. The Balaban J connectivity index is 1.88. The van der Waals surface area contributed by atoms with E-state index in [4.69, 9.17) is 16.3 Å². The highest BCUT2D eigenvalue weighted by molar-refractivity contribution is 7.13. The molecule has 0 aliphatic heterocycles. The Morgan fingerprint density at radius 1 is 1.14 bits per heavy atom. The van der Waals surface area contributed by atoms with Crippen LogP contribution in [0.4, 0.5) is 0 Å². The van der Waals surface area contributed by atoms with Gasteiger partial charge in [0.2, 0.25) is 0 Å². The number of hydrogen-bond acceptors (Lipinski definition) is 5. The summed E-state index contributed by atoms with van der Waals surface area (Å²) in [6, 6.07) is 11.6. The lowest BCUT2D eigenvalue weighted by atomic mass is 10.1. The number of nitrogens with zero attached hydrogens (tertiary/aromatic N) is 2. The van der Waals surface area contributed by atoms with Crippen molar-refractivity contribution < 1.29 is 4.74 Å². The molecule has 1 N–H and O–H groups in total. The number of nitrogens with one attached hydrogen (secondary N) is 1. The van der Waals surface area contributed by atoms with Crippen molar-refractivity contribution in [2.75, 3.05) is 6.54 Å². The maximum absolute atomic E-state index is 6.20. The molecule has 108 valence electrons. The van der Waals surface area contributed by atoms with Crippen LogP contribution in [0.15, 0.2) is 36.4 Å². The number of aromatic nitrogens is 2. The van der Waals surface area contributed by atoms with Crippen LogP contribution in [0.2, 0.25) is 5.02 Å². The summed E-state index contributed by atoms with van der Waals surface area (Å²) in [5, 5.41) is 15.5. The van der Waals surface area contributed by atoms with Gasteiger partial charge in [-0.1, -0.05) is 59.2 Å². The molecule has 0 saturated carbocycles. The molecular formula is C15H14ClN3OS. The highest BCUT2D eigenvalue weighted by Crippen LogP contribution is 2.34. The molecule has 6 heteroatoms. The quantitative estimate of drug-likeness (QED) is 0.764. The fourth-order valence-electron chi connectivity index (χ4n) is 2.00. The van der Waals surface area contributed by atoms with E-state index in [0.29, 0.717) is 16.8 Å². The van der Waals surface area contributed by atoms with Crippen molar-refractivity contribution in [1.29, 1.82) is 0 Å². The molecule has 3 rings (SSSR count). The van der Waals surface area contributed by atoms with Gasteiger partial charge in [-0.25, -0.2) is 0 Å². The van der Waals surface area contributed by atoms with Gasteiger partial charge in [-0.05, 0) is 18.7 Å². The summed E-state index contributed by atoms with van der Waals surface area (Å²) in [6.07, 6.45) is 0. The van der Waals surface area contributed by atoms with Crippen LogP contribution < -0.4 is 10.1 Å². The number of hydrogen-bond donors (Lipinski definition) is 1. The average Bonchev–Trinajstić information content (AvgIpc) is 2.96. The van der Waals surface area contributed by atoms with E-state index < -0.39 is 0 Å². The van der Waals surface area contributed by atoms with Gasteiger partial charge in [0.25, 0.3) is 5.19 Å². The molecule has 0 amide bonds. The van der Waals surface area contributed by atoms with Gasteiger partial charge in [0.15, 0.2) is 0 Å². The van der Waals surface area contributed by atoms with Crippen molar-refractivity contribution in [3.05, 3.63) is 46.4 Å². The van der Waals surface area contributed by atoms with E-state index in [1.807, 2.05) is 36.4 Å². The van der Waals surface area contributed by atoms with Crippen molar-refractivity contribution in [2.45, 2.75) is 13.5 Å². The third-order valence-corrected chi connectivity index (χ3v) is 4.13. The third kappa shape index (κ3) is 3.15. The lowest BCUT2D eigenvalue weighted by Crippen LogP contribution is -2.11. The molecule has 0 aliphatic carbocycles. The molecule has 0 bridgehead atoms. The summed E-state index contributed by atoms with van der Waals surface area (Å²) in [5.41, 5.74) is 0. The maximum atomic E-state index is 6.20. The van der Waals surface area contributed by atoms with Crippen LogP contribution >= 0.6 is 22.9 Å². The fourth-order valence-corrected chi connectivity index (χ4v) is 2.90. The van der Waals surface area contributed by atoms with Gasteiger partial charge in [-0.2, -0.15) is 0 Å². The SMILES string of the molecule is CCNCc1nnc(Oc2ccc(Cl)c3ccccc23)s1. The van der Waals surface area contributed by atoms with E-state index in [1.165, 1.54) is 11.3 Å². The molecule has 0 saturated heterocycles. The van der Waals surface area contributed by atoms with Crippen LogP contribution in [0.1, 0.15) is 11.9 Å². The Kier molecular flexibility index (Phi) is 4.34. The van der Waals surface area contributed by atoms with E-state index in [0.717, 1.165) is 28.1 Å². The second-order valence-corrected chi connectivity index (χ2v) is 5.87. The van der Waals surface area contributed by atoms with Crippen molar-refractivity contribution in [3.63, 3.8) is 0 Å². The predicted molar refractivity (Wildman–Crippen MR) is 86.3 cm³/mol. The fraction of sp³-hybridized carbons (Fsp3) is 0.200. The van der Waals surface area contributed by atoms with E-state index >= 15 is 0 Å². The van der Waals surface area contributed by atoms with Crippen LogP contribution in [0.25, 0.3) is 10.8 Å². The lowest BCUT2D eigenvalue weighted by Gasteiger charge is -2.07. The van der Waals surface area contributed by atoms with Crippen LogP contribution in [0.5, 0.6) is 10.9 Å². The first-order chi connectivity index (χ1) is 10.3. The molecule has 3 aromatic rings. The number of fused-ring (bicyclic) bond motifs is 1. The summed E-state index contributed by atoms with van der Waals surface area (Å²) in [7, 11) is 0. The number of ether oxygens (including phenoxy) is 1. The summed E-state index contributed by atoms with van der Waals surface area (Å²) < 4.78 is 5.87. The van der Waals surface area contributed by atoms with Crippen molar-refractivity contribution in [1.82, 2.24) is 15.5 Å². The second kappa shape index (κ2) is 6.39. The highest BCUT2D eigenvalue weighted by atomic mass is 35.5. The van der Waals surface area contributed by atoms with Crippen LogP contribution in [0, 0.1) is 0 Å². The summed E-state index contributed by atoms with van der Waals surface area (Å²) in [6.45, 7) is 3.66. The molecule has 0 fully saturated rings. The molecule has 0 atom stereocenters. The Morgan fingerprint density at radius 2 is 1.95 bits per heavy atom. The zero-order valence-electron chi connectivity index (χ0n) is 11.5. The minimum Gasteiger partial charge on any atom is -0.429 e. The number of rotatable bonds is 5. The Labute approximate surface area is 131 Å². The molecule has 21 heavy (non-hydrogen) atoms. The molecule has 0 aliphatic rings. The average molecular weight is 320 g/mol. The summed E-state index contributed by atoms with van der Waals surface area (Å²) >= 11 is 7.64. The van der Waals surface area contributed by atoms with Gasteiger partial charge in [-0.3, -0.25) is 0 Å². The van der Waals surface area contributed by atoms with Gasteiger partial charge in [0, 0.05) is 22.3 Å². The molecule has 0 unspecified atom stereocenters. The molecular weight excluding hydrogens is 306 g/mol. The van der Waals surface area contributed by atoms with Crippen molar-refractivity contribution in [3.8, 4) is 10.9 Å². The number of halogens is 1. The topological polar surface area (TPSA) is 47.0 Å². The van der Waals surface area contributed by atoms with E-state index in [9.17, 15) is 0 Å². The molecule has 1 aromatic heterocycles. The van der Waals surface area contributed by atoms with E-state index in [2.05, 4.69) is 22.4 Å². The van der Waals surface area contributed by atoms with Gasteiger partial charge >= 0.3 is 0 Å². The van der Waals surface area contributed by atoms with Gasteiger partial charge in [0.05, 0.1) is 0 Å². The zero-order chi connectivity index (χ0) is 14.7. The standard InChI is InChI=1S/C15H14ClN3OS/c1-2-17-9-14-18-19-15(21-14)20-13-8-7-12(16)10-5-3-4-6-11(10)13/h3-8,17H,2,9H2,1H3. The Bertz CT molecular complexity index is 760. The summed E-state index contributed by atoms with van der Waals surface area (Å²) in [5.74, 6) is 0.737. The first-order valence-corrected chi connectivity index (χ1v) is 7.85. The van der Waals surface area contributed by atoms with E-state index in [-0.39, 0.29) is 0 Å². The lowest BCUT2D eigenvalue weighted by molar-refractivity contribution is 0.478. The van der Waals surface area contributed by atoms with E-state index in [1.54, 1.807) is 0 Å². The molecule has 0 radical (unpaired) electrons.